The maximum atomic E-state index is 12.8. The second-order valence-electron chi connectivity index (χ2n) is 7.54. The highest BCUT2D eigenvalue weighted by atomic mass is 16.5. The summed E-state index contributed by atoms with van der Waals surface area (Å²) < 4.78 is 17.1. The zero-order chi connectivity index (χ0) is 23.5. The average molecular weight is 461 g/mol. The molecule has 1 atom stereocenters. The molecule has 0 aliphatic carbocycles. The van der Waals surface area contributed by atoms with E-state index in [1.807, 2.05) is 0 Å². The molecule has 0 spiro atoms. The fourth-order valence-corrected chi connectivity index (χ4v) is 3.68. The number of benzene rings is 1. The van der Waals surface area contributed by atoms with Gasteiger partial charge in [-0.2, -0.15) is 5.10 Å². The molecular weight excluding hydrogens is 442 g/mol. The van der Waals surface area contributed by atoms with E-state index in [4.69, 9.17) is 13.6 Å². The third-order valence-corrected chi connectivity index (χ3v) is 5.36. The van der Waals surface area contributed by atoms with E-state index in [1.165, 1.54) is 17.5 Å². The molecule has 1 aliphatic rings. The molecule has 11 heteroatoms. The molecule has 1 unspecified atom stereocenters. The summed E-state index contributed by atoms with van der Waals surface area (Å²) >= 11 is 0. The van der Waals surface area contributed by atoms with Crippen LogP contribution in [0.1, 0.15) is 30.4 Å². The SMILES string of the molecule is O=C(CCn1nnc2ccccc2c1=O)OCC(=O)N1N=C(c2ccco2)CC1c1ccco1. The fraction of sp³-hybridized carbons (Fsp3) is 0.217. The maximum Gasteiger partial charge on any atom is 0.308 e. The number of ether oxygens (including phenoxy) is 1. The van der Waals surface area contributed by atoms with Crippen molar-refractivity contribution < 1.29 is 23.2 Å². The van der Waals surface area contributed by atoms with Gasteiger partial charge in [0.1, 0.15) is 28.8 Å². The molecule has 0 bridgehead atoms. The number of fused-ring (bicyclic) bond motifs is 1. The van der Waals surface area contributed by atoms with Crippen molar-refractivity contribution in [2.75, 3.05) is 6.61 Å². The Morgan fingerprint density at radius 2 is 1.88 bits per heavy atom. The number of hydrazone groups is 1. The summed E-state index contributed by atoms with van der Waals surface area (Å²) in [7, 11) is 0. The predicted octanol–water partition coefficient (Wildman–Crippen LogP) is 2.29. The van der Waals surface area contributed by atoms with Crippen LogP contribution in [0.4, 0.5) is 0 Å². The smallest absolute Gasteiger partial charge is 0.308 e. The number of amides is 1. The summed E-state index contributed by atoms with van der Waals surface area (Å²) in [6.07, 6.45) is 3.28. The molecule has 1 aromatic carbocycles. The molecule has 172 valence electrons. The third-order valence-electron chi connectivity index (χ3n) is 5.36. The molecule has 1 amide bonds. The molecule has 0 saturated carbocycles. The van der Waals surface area contributed by atoms with Crippen LogP contribution in [-0.4, -0.2) is 44.2 Å². The van der Waals surface area contributed by atoms with Crippen LogP contribution < -0.4 is 5.56 Å². The summed E-state index contributed by atoms with van der Waals surface area (Å²) in [4.78, 5) is 37.6. The second-order valence-corrected chi connectivity index (χ2v) is 7.54. The summed E-state index contributed by atoms with van der Waals surface area (Å²) in [5.74, 6) is -0.0665. The van der Waals surface area contributed by atoms with Crippen LogP contribution in [-0.2, 0) is 20.9 Å². The molecule has 3 aromatic heterocycles. The Morgan fingerprint density at radius 1 is 1.06 bits per heavy atom. The first kappa shape index (κ1) is 21.3. The molecule has 0 saturated heterocycles. The van der Waals surface area contributed by atoms with Crippen LogP contribution in [0.5, 0.6) is 0 Å². The molecule has 4 heterocycles. The van der Waals surface area contributed by atoms with Gasteiger partial charge in [0.25, 0.3) is 11.5 Å². The van der Waals surface area contributed by atoms with Crippen LogP contribution >= 0.6 is 0 Å². The highest BCUT2D eigenvalue weighted by molar-refractivity contribution is 6.01. The van der Waals surface area contributed by atoms with Gasteiger partial charge >= 0.3 is 5.97 Å². The van der Waals surface area contributed by atoms with Crippen LogP contribution in [0.25, 0.3) is 10.9 Å². The van der Waals surface area contributed by atoms with E-state index in [0.717, 1.165) is 4.68 Å². The summed E-state index contributed by atoms with van der Waals surface area (Å²) in [5.41, 5.74) is 0.705. The lowest BCUT2D eigenvalue weighted by Gasteiger charge is -2.19. The molecule has 11 nitrogen and oxygen atoms in total. The van der Waals surface area contributed by atoms with Crippen molar-refractivity contribution in [1.82, 2.24) is 20.0 Å². The van der Waals surface area contributed by atoms with Gasteiger partial charge in [0.05, 0.1) is 30.9 Å². The number of aromatic nitrogens is 3. The highest BCUT2D eigenvalue weighted by Crippen LogP contribution is 2.33. The quantitative estimate of drug-likeness (QED) is 0.383. The van der Waals surface area contributed by atoms with Gasteiger partial charge in [-0.1, -0.05) is 17.3 Å². The monoisotopic (exact) mass is 461 g/mol. The number of carbonyl (C=O) groups excluding carboxylic acids is 2. The number of hydrogen-bond acceptors (Lipinski definition) is 9. The van der Waals surface area contributed by atoms with E-state index < -0.39 is 24.5 Å². The average Bonchev–Trinajstić information content (AvgIpc) is 3.63. The number of carbonyl (C=O) groups is 2. The Balaban J connectivity index is 1.22. The molecule has 34 heavy (non-hydrogen) atoms. The van der Waals surface area contributed by atoms with Crippen LogP contribution in [0.2, 0.25) is 0 Å². The number of aryl methyl sites for hydroxylation is 1. The maximum absolute atomic E-state index is 12.8. The van der Waals surface area contributed by atoms with Crippen molar-refractivity contribution in [2.45, 2.75) is 25.4 Å². The van der Waals surface area contributed by atoms with Gasteiger partial charge < -0.3 is 13.6 Å². The number of furan rings is 2. The van der Waals surface area contributed by atoms with Gasteiger partial charge in [0.2, 0.25) is 0 Å². The number of rotatable bonds is 7. The highest BCUT2D eigenvalue weighted by Gasteiger charge is 2.36. The van der Waals surface area contributed by atoms with E-state index >= 15 is 0 Å². The van der Waals surface area contributed by atoms with Crippen molar-refractivity contribution in [3.05, 3.63) is 82.9 Å². The minimum Gasteiger partial charge on any atom is -0.467 e. The number of esters is 1. The zero-order valence-electron chi connectivity index (χ0n) is 17.9. The molecule has 1 aliphatic heterocycles. The van der Waals surface area contributed by atoms with Gasteiger partial charge in [-0.05, 0) is 36.4 Å². The predicted molar refractivity (Wildman–Crippen MR) is 118 cm³/mol. The van der Waals surface area contributed by atoms with Crippen LogP contribution in [0.15, 0.2) is 79.8 Å². The van der Waals surface area contributed by atoms with Gasteiger partial charge in [-0.25, -0.2) is 9.69 Å². The zero-order valence-corrected chi connectivity index (χ0v) is 17.9. The normalized spacial score (nSPS) is 15.5. The van der Waals surface area contributed by atoms with Gasteiger partial charge in [-0.3, -0.25) is 14.4 Å². The van der Waals surface area contributed by atoms with Crippen molar-refractivity contribution in [3.8, 4) is 0 Å². The van der Waals surface area contributed by atoms with Gasteiger partial charge in [0, 0.05) is 6.42 Å². The van der Waals surface area contributed by atoms with E-state index in [0.29, 0.717) is 34.6 Å². The molecule has 0 radical (unpaired) electrons. The first-order valence-corrected chi connectivity index (χ1v) is 10.5. The van der Waals surface area contributed by atoms with Crippen molar-refractivity contribution in [3.63, 3.8) is 0 Å². The van der Waals surface area contributed by atoms with E-state index in [1.54, 1.807) is 48.5 Å². The van der Waals surface area contributed by atoms with Crippen LogP contribution in [0, 0.1) is 0 Å². The van der Waals surface area contributed by atoms with E-state index in [-0.39, 0.29) is 18.5 Å². The number of nitrogens with zero attached hydrogens (tertiary/aromatic N) is 5. The summed E-state index contributed by atoms with van der Waals surface area (Å²) in [6.45, 7) is -0.535. The molecular formula is C23H19N5O6. The van der Waals surface area contributed by atoms with E-state index in [9.17, 15) is 14.4 Å². The second kappa shape index (κ2) is 9.14. The molecule has 0 fully saturated rings. The Labute approximate surface area is 192 Å². The Hall–Kier alpha value is -4.54. The minimum atomic E-state index is -0.654. The lowest BCUT2D eigenvalue weighted by molar-refractivity contribution is -0.153. The van der Waals surface area contributed by atoms with Crippen molar-refractivity contribution in [2.24, 2.45) is 5.10 Å². The standard InChI is InChI=1S/C23H19N5O6/c29-21(28-18(20-8-4-12-33-20)13-17(25-28)19-7-3-11-32-19)14-34-22(30)9-10-27-23(31)15-5-1-2-6-16(15)24-26-27/h1-8,11-12,18H,9-10,13-14H2. The lowest BCUT2D eigenvalue weighted by atomic mass is 10.1. The Kier molecular flexibility index (Phi) is 5.73. The molecule has 5 rings (SSSR count). The van der Waals surface area contributed by atoms with Gasteiger partial charge in [-0.15, -0.1) is 5.10 Å². The summed E-state index contributed by atoms with van der Waals surface area (Å²) in [5, 5.41) is 13.8. The largest absolute Gasteiger partial charge is 0.467 e. The topological polar surface area (TPSA) is 133 Å². The third kappa shape index (κ3) is 4.22. The molecule has 0 N–H and O–H groups in total. The molecule has 4 aromatic rings. The van der Waals surface area contributed by atoms with Crippen LogP contribution in [0.3, 0.4) is 0 Å². The summed E-state index contributed by atoms with van der Waals surface area (Å²) in [6, 6.07) is 13.3. The van der Waals surface area contributed by atoms with E-state index in [2.05, 4.69) is 15.4 Å². The number of hydrogen-bond donors (Lipinski definition) is 0. The lowest BCUT2D eigenvalue weighted by Crippen LogP contribution is -2.31. The minimum absolute atomic E-state index is 0.0246. The van der Waals surface area contributed by atoms with Crippen molar-refractivity contribution in [1.29, 1.82) is 0 Å². The fourth-order valence-electron chi connectivity index (χ4n) is 3.68. The van der Waals surface area contributed by atoms with Gasteiger partial charge in [0.15, 0.2) is 6.61 Å². The Bertz CT molecular complexity index is 1410. The van der Waals surface area contributed by atoms with Crippen molar-refractivity contribution >= 4 is 28.5 Å². The Morgan fingerprint density at radius 3 is 2.68 bits per heavy atom. The first-order valence-electron chi connectivity index (χ1n) is 10.5. The first-order chi connectivity index (χ1) is 16.6.